The van der Waals surface area contributed by atoms with Crippen molar-refractivity contribution >= 4 is 11.9 Å². The quantitative estimate of drug-likeness (QED) is 0.243. The summed E-state index contributed by atoms with van der Waals surface area (Å²) < 4.78 is 11.8. The van der Waals surface area contributed by atoms with Gasteiger partial charge in [0.1, 0.15) is 11.5 Å². The average Bonchev–Trinajstić information content (AvgIpc) is 2.81. The highest BCUT2D eigenvalue weighted by Crippen LogP contribution is 2.37. The Morgan fingerprint density at radius 2 is 0.825 bits per heavy atom. The van der Waals surface area contributed by atoms with Gasteiger partial charge in [0.25, 0.3) is 0 Å². The number of rotatable bonds is 4. The fourth-order valence-electron chi connectivity index (χ4n) is 4.43. The van der Waals surface area contributed by atoms with Gasteiger partial charge in [-0.3, -0.25) is 0 Å². The summed E-state index contributed by atoms with van der Waals surface area (Å²) in [5, 5.41) is 0. The molecule has 40 heavy (non-hydrogen) atoms. The fraction of sp³-hybridized carbons (Fsp3) is 0.444. The molecule has 0 bridgehead atoms. The Hall–Kier alpha value is -3.40. The maximum Gasteiger partial charge on any atom is 0.343 e. The van der Waals surface area contributed by atoms with E-state index in [1.807, 2.05) is 24.3 Å². The van der Waals surface area contributed by atoms with Crippen LogP contribution < -0.4 is 9.47 Å². The van der Waals surface area contributed by atoms with Gasteiger partial charge in [-0.15, -0.1) is 0 Å². The first-order chi connectivity index (χ1) is 18.2. The lowest BCUT2D eigenvalue weighted by molar-refractivity contribution is 0.0731. The smallest absolute Gasteiger partial charge is 0.343 e. The molecule has 0 radical (unpaired) electrons. The second-order valence-corrected chi connectivity index (χ2v) is 14.8. The largest absolute Gasteiger partial charge is 0.423 e. The van der Waals surface area contributed by atoms with Gasteiger partial charge in [-0.25, -0.2) is 9.59 Å². The van der Waals surface area contributed by atoms with Gasteiger partial charge in [-0.05, 0) is 63.1 Å². The highest BCUT2D eigenvalue weighted by Gasteiger charge is 2.26. The van der Waals surface area contributed by atoms with Crippen LogP contribution in [0.15, 0.2) is 60.7 Å². The van der Waals surface area contributed by atoms with Gasteiger partial charge < -0.3 is 9.47 Å². The molecular formula is C36H46O4. The highest BCUT2D eigenvalue weighted by molar-refractivity contribution is 5.97. The van der Waals surface area contributed by atoms with E-state index >= 15 is 0 Å². The lowest BCUT2D eigenvalue weighted by atomic mass is 9.80. The Morgan fingerprint density at radius 3 is 1.12 bits per heavy atom. The maximum absolute atomic E-state index is 13.3. The van der Waals surface area contributed by atoms with Crippen molar-refractivity contribution in [3.63, 3.8) is 0 Å². The van der Waals surface area contributed by atoms with E-state index in [1.54, 1.807) is 18.2 Å². The summed E-state index contributed by atoms with van der Waals surface area (Å²) in [6.07, 6.45) is 0. The van der Waals surface area contributed by atoms with Crippen molar-refractivity contribution in [3.05, 3.63) is 94.0 Å². The zero-order valence-corrected chi connectivity index (χ0v) is 26.4. The molecule has 3 aromatic carbocycles. The summed E-state index contributed by atoms with van der Waals surface area (Å²) in [5.41, 5.74) is 4.32. The van der Waals surface area contributed by atoms with E-state index in [0.29, 0.717) is 11.5 Å². The van der Waals surface area contributed by atoms with Crippen LogP contribution in [0.25, 0.3) is 0 Å². The predicted octanol–water partition coefficient (Wildman–Crippen LogP) is 9.32. The minimum Gasteiger partial charge on any atom is -0.423 e. The fourth-order valence-corrected chi connectivity index (χ4v) is 4.43. The zero-order valence-electron chi connectivity index (χ0n) is 26.4. The molecule has 0 N–H and O–H groups in total. The molecule has 0 aliphatic rings. The standard InChI is InChI=1S/C36H46O4/c1-33(2,3)25-16-18-29(27(21-25)35(7,8)9)39-31(37)23-14-13-15-24(20-23)32(38)40-30-19-17-26(34(4,5)6)22-28(30)36(10,11)12/h13-22H,1-12H3. The number of benzene rings is 3. The van der Waals surface area contributed by atoms with Crippen LogP contribution in [0.3, 0.4) is 0 Å². The Kier molecular flexibility index (Phi) is 8.46. The van der Waals surface area contributed by atoms with Crippen LogP contribution in [0.1, 0.15) is 126 Å². The van der Waals surface area contributed by atoms with E-state index in [-0.39, 0.29) is 32.8 Å². The first kappa shape index (κ1) is 31.1. The third-order valence-electron chi connectivity index (χ3n) is 7.05. The first-order valence-electron chi connectivity index (χ1n) is 14.0. The van der Waals surface area contributed by atoms with E-state index < -0.39 is 11.9 Å². The summed E-state index contributed by atoms with van der Waals surface area (Å²) in [4.78, 5) is 26.5. The van der Waals surface area contributed by atoms with Crippen molar-refractivity contribution in [2.75, 3.05) is 0 Å². The van der Waals surface area contributed by atoms with Crippen LogP contribution in [-0.2, 0) is 21.7 Å². The predicted molar refractivity (Wildman–Crippen MR) is 164 cm³/mol. The summed E-state index contributed by atoms with van der Waals surface area (Å²) in [7, 11) is 0. The minimum atomic E-state index is -0.520. The number of carbonyl (C=O) groups is 2. The molecule has 4 heteroatoms. The number of esters is 2. The molecule has 0 aliphatic heterocycles. The normalized spacial score (nSPS) is 12.7. The topological polar surface area (TPSA) is 52.6 Å². The van der Waals surface area contributed by atoms with Crippen molar-refractivity contribution in [2.45, 2.75) is 105 Å². The highest BCUT2D eigenvalue weighted by atomic mass is 16.5. The third kappa shape index (κ3) is 7.41. The molecule has 0 atom stereocenters. The van der Waals surface area contributed by atoms with Crippen molar-refractivity contribution in [1.29, 1.82) is 0 Å². The van der Waals surface area contributed by atoms with Gasteiger partial charge >= 0.3 is 11.9 Å². The van der Waals surface area contributed by atoms with Crippen LogP contribution in [0.4, 0.5) is 0 Å². The van der Waals surface area contributed by atoms with Gasteiger partial charge in [-0.2, -0.15) is 0 Å². The van der Waals surface area contributed by atoms with E-state index in [2.05, 4.69) is 95.2 Å². The van der Waals surface area contributed by atoms with Crippen LogP contribution in [0, 0.1) is 0 Å². The Balaban J connectivity index is 1.89. The number of ether oxygens (including phenoxy) is 2. The van der Waals surface area contributed by atoms with Crippen molar-refractivity contribution in [2.24, 2.45) is 0 Å². The molecule has 0 aromatic heterocycles. The molecule has 214 valence electrons. The van der Waals surface area contributed by atoms with E-state index in [9.17, 15) is 9.59 Å². The molecule has 0 saturated carbocycles. The second kappa shape index (κ2) is 10.9. The molecule has 0 spiro atoms. The molecule has 0 aliphatic carbocycles. The molecule has 3 rings (SSSR count). The van der Waals surface area contributed by atoms with Crippen molar-refractivity contribution in [1.82, 2.24) is 0 Å². The molecule has 0 heterocycles. The zero-order chi connectivity index (χ0) is 30.3. The van der Waals surface area contributed by atoms with Gasteiger partial charge in [0.15, 0.2) is 0 Å². The van der Waals surface area contributed by atoms with Gasteiger partial charge in [0.05, 0.1) is 11.1 Å². The summed E-state index contributed by atoms with van der Waals surface area (Å²) >= 11 is 0. The summed E-state index contributed by atoms with van der Waals surface area (Å²) in [6.45, 7) is 25.6. The van der Waals surface area contributed by atoms with Crippen molar-refractivity contribution < 1.29 is 19.1 Å². The molecule has 0 fully saturated rings. The number of hydrogen-bond donors (Lipinski definition) is 0. The van der Waals surface area contributed by atoms with Gasteiger partial charge in [0.2, 0.25) is 0 Å². The Labute approximate surface area is 241 Å². The first-order valence-corrected chi connectivity index (χ1v) is 14.0. The van der Waals surface area contributed by atoms with Crippen molar-refractivity contribution in [3.8, 4) is 11.5 Å². The summed E-state index contributed by atoms with van der Waals surface area (Å²) in [6, 6.07) is 18.5. The molecule has 0 saturated heterocycles. The SMILES string of the molecule is CC(C)(C)c1ccc(OC(=O)c2cccc(C(=O)Oc3ccc(C(C)(C)C)cc3C(C)(C)C)c2)c(C(C)(C)C)c1. The Morgan fingerprint density at radius 1 is 0.475 bits per heavy atom. The van der Waals surface area contributed by atoms with E-state index in [1.165, 1.54) is 17.2 Å². The maximum atomic E-state index is 13.3. The summed E-state index contributed by atoms with van der Waals surface area (Å²) in [5.74, 6) is 0.00149. The third-order valence-corrected chi connectivity index (χ3v) is 7.05. The molecule has 3 aromatic rings. The molecule has 0 amide bonds. The second-order valence-electron chi connectivity index (χ2n) is 14.8. The Bertz CT molecular complexity index is 1300. The molecule has 4 nitrogen and oxygen atoms in total. The molecular weight excluding hydrogens is 496 g/mol. The van der Waals surface area contributed by atoms with Crippen LogP contribution in [0.2, 0.25) is 0 Å². The average molecular weight is 543 g/mol. The number of carbonyl (C=O) groups excluding carboxylic acids is 2. The lowest BCUT2D eigenvalue weighted by Gasteiger charge is -2.27. The van der Waals surface area contributed by atoms with Crippen LogP contribution in [-0.4, -0.2) is 11.9 Å². The van der Waals surface area contributed by atoms with Gasteiger partial charge in [-0.1, -0.05) is 113 Å². The van der Waals surface area contributed by atoms with E-state index in [0.717, 1.165) is 11.1 Å². The van der Waals surface area contributed by atoms with Crippen LogP contribution in [0.5, 0.6) is 11.5 Å². The monoisotopic (exact) mass is 542 g/mol. The lowest BCUT2D eigenvalue weighted by Crippen LogP contribution is -2.20. The minimum absolute atomic E-state index is 0.0306. The van der Waals surface area contributed by atoms with E-state index in [4.69, 9.17) is 9.47 Å². The number of hydrogen-bond acceptors (Lipinski definition) is 4. The van der Waals surface area contributed by atoms with Gasteiger partial charge in [0, 0.05) is 11.1 Å². The van der Waals surface area contributed by atoms with Crippen LogP contribution >= 0.6 is 0 Å². The molecule has 0 unspecified atom stereocenters.